The molecule has 10 heteroatoms. The first-order chi connectivity index (χ1) is 12.1. The van der Waals surface area contributed by atoms with Crippen LogP contribution in [-0.2, 0) is 9.05 Å². The number of rotatable bonds is 6. The summed E-state index contributed by atoms with van der Waals surface area (Å²) < 4.78 is 28.6. The number of aryl methyl sites for hydroxylation is 1. The number of anilines is 1. The minimum atomic E-state index is -4.08. The highest BCUT2D eigenvalue weighted by Crippen LogP contribution is 2.30. The summed E-state index contributed by atoms with van der Waals surface area (Å²) in [6.45, 7) is 3.45. The normalized spacial score (nSPS) is 11.0. The van der Waals surface area contributed by atoms with Crippen molar-refractivity contribution in [3.8, 4) is 5.75 Å². The van der Waals surface area contributed by atoms with Gasteiger partial charge in [-0.15, -0.1) is 0 Å². The van der Waals surface area contributed by atoms with E-state index < -0.39 is 19.9 Å². The molecule has 0 radical (unpaired) electrons. The van der Waals surface area contributed by atoms with Crippen LogP contribution in [0.25, 0.3) is 0 Å². The summed E-state index contributed by atoms with van der Waals surface area (Å²) in [5, 5.41) is 13.4. The molecular formula is C16H15ClN2O6S. The van der Waals surface area contributed by atoms with E-state index in [1.54, 1.807) is 6.92 Å². The second-order valence-corrected chi connectivity index (χ2v) is 7.78. The average Bonchev–Trinajstić information content (AvgIpc) is 2.55. The number of carbonyl (C=O) groups excluding carboxylic acids is 1. The largest absolute Gasteiger partial charge is 0.492 e. The summed E-state index contributed by atoms with van der Waals surface area (Å²) >= 11 is 0. The van der Waals surface area contributed by atoms with Gasteiger partial charge in [0, 0.05) is 33.6 Å². The molecule has 0 aliphatic carbocycles. The summed E-state index contributed by atoms with van der Waals surface area (Å²) in [7, 11) is 1.33. The molecule has 26 heavy (non-hydrogen) atoms. The van der Waals surface area contributed by atoms with Crippen LogP contribution in [0, 0.1) is 17.0 Å². The average molecular weight is 399 g/mol. The molecule has 0 bridgehead atoms. The second-order valence-electron chi connectivity index (χ2n) is 5.24. The fraction of sp³-hybridized carbons (Fsp3) is 0.188. The summed E-state index contributed by atoms with van der Waals surface area (Å²) in [5.41, 5.74) is 0.613. The highest BCUT2D eigenvalue weighted by atomic mass is 35.7. The standard InChI is InChI=1S/C16H15ClN2O6S/c1-3-25-14-7-5-12(9-15(14)26(17,23)24)18-16(20)11-4-6-13(19(21)22)10(2)8-11/h4-9H,3H2,1-2H3,(H,18,20). The van der Waals surface area contributed by atoms with Crippen LogP contribution >= 0.6 is 10.7 Å². The van der Waals surface area contributed by atoms with Crippen molar-refractivity contribution in [2.75, 3.05) is 11.9 Å². The monoisotopic (exact) mass is 398 g/mol. The number of halogens is 1. The number of nitro benzene ring substituents is 1. The van der Waals surface area contributed by atoms with Crippen LogP contribution in [-0.4, -0.2) is 25.9 Å². The number of carbonyl (C=O) groups is 1. The van der Waals surface area contributed by atoms with Crippen LogP contribution in [0.5, 0.6) is 5.75 Å². The van der Waals surface area contributed by atoms with Crippen LogP contribution in [0.15, 0.2) is 41.3 Å². The van der Waals surface area contributed by atoms with Gasteiger partial charge in [-0.3, -0.25) is 14.9 Å². The third-order valence-corrected chi connectivity index (χ3v) is 4.76. The Morgan fingerprint density at radius 1 is 1.27 bits per heavy atom. The number of hydrogen-bond acceptors (Lipinski definition) is 6. The molecule has 2 aromatic carbocycles. The van der Waals surface area contributed by atoms with E-state index in [1.165, 1.54) is 43.3 Å². The molecule has 1 amide bonds. The molecule has 0 heterocycles. The maximum Gasteiger partial charge on any atom is 0.272 e. The minimum absolute atomic E-state index is 0.0756. The number of nitrogens with one attached hydrogen (secondary N) is 1. The van der Waals surface area contributed by atoms with Gasteiger partial charge in [-0.1, -0.05) is 0 Å². The topological polar surface area (TPSA) is 116 Å². The lowest BCUT2D eigenvalue weighted by Gasteiger charge is -2.11. The molecule has 0 aromatic heterocycles. The Balaban J connectivity index is 2.32. The molecule has 2 aromatic rings. The summed E-state index contributed by atoms with van der Waals surface area (Å²) in [5.74, 6) is -0.475. The van der Waals surface area contributed by atoms with Crippen LogP contribution in [0.1, 0.15) is 22.8 Å². The highest BCUT2D eigenvalue weighted by Gasteiger charge is 2.19. The van der Waals surface area contributed by atoms with E-state index in [2.05, 4.69) is 5.32 Å². The zero-order valence-corrected chi connectivity index (χ0v) is 15.4. The minimum Gasteiger partial charge on any atom is -0.492 e. The summed E-state index contributed by atoms with van der Waals surface area (Å²) in [6, 6.07) is 7.96. The number of benzene rings is 2. The molecule has 0 unspecified atom stereocenters. The Morgan fingerprint density at radius 3 is 2.50 bits per heavy atom. The quantitative estimate of drug-likeness (QED) is 0.452. The number of hydrogen-bond donors (Lipinski definition) is 1. The third kappa shape index (κ3) is 4.50. The van der Waals surface area contributed by atoms with Crippen molar-refractivity contribution in [1.82, 2.24) is 0 Å². The van der Waals surface area contributed by atoms with Gasteiger partial charge < -0.3 is 10.1 Å². The van der Waals surface area contributed by atoms with Gasteiger partial charge in [-0.2, -0.15) is 0 Å². The first-order valence-electron chi connectivity index (χ1n) is 7.41. The Kier molecular flexibility index (Phi) is 5.83. The molecule has 0 spiro atoms. The molecule has 0 aliphatic heterocycles. The van der Waals surface area contributed by atoms with Gasteiger partial charge in [-0.25, -0.2) is 8.42 Å². The lowest BCUT2D eigenvalue weighted by molar-refractivity contribution is -0.385. The summed E-state index contributed by atoms with van der Waals surface area (Å²) in [6.07, 6.45) is 0. The van der Waals surface area contributed by atoms with Crippen LogP contribution in [0.3, 0.4) is 0 Å². The third-order valence-electron chi connectivity index (χ3n) is 3.42. The molecule has 138 valence electrons. The van der Waals surface area contributed by atoms with Crippen molar-refractivity contribution in [1.29, 1.82) is 0 Å². The maximum atomic E-state index is 12.3. The van der Waals surface area contributed by atoms with Gasteiger partial charge in [0.15, 0.2) is 0 Å². The zero-order valence-electron chi connectivity index (χ0n) is 13.9. The van der Waals surface area contributed by atoms with Crippen molar-refractivity contribution >= 4 is 37.0 Å². The van der Waals surface area contributed by atoms with E-state index in [0.29, 0.717) is 5.56 Å². The number of nitrogens with zero attached hydrogens (tertiary/aromatic N) is 1. The van der Waals surface area contributed by atoms with Gasteiger partial charge in [0.1, 0.15) is 10.6 Å². The first kappa shape index (κ1) is 19.7. The van der Waals surface area contributed by atoms with E-state index in [4.69, 9.17) is 15.4 Å². The van der Waals surface area contributed by atoms with Crippen molar-refractivity contribution in [3.05, 3.63) is 57.6 Å². The smallest absolute Gasteiger partial charge is 0.272 e. The van der Waals surface area contributed by atoms with Crippen LogP contribution in [0.4, 0.5) is 11.4 Å². The Labute approximate surface area is 154 Å². The molecule has 8 nitrogen and oxygen atoms in total. The van der Waals surface area contributed by atoms with Crippen molar-refractivity contribution < 1.29 is 22.9 Å². The van der Waals surface area contributed by atoms with Gasteiger partial charge in [0.2, 0.25) is 0 Å². The Morgan fingerprint density at radius 2 is 1.96 bits per heavy atom. The molecule has 0 fully saturated rings. The lowest BCUT2D eigenvalue weighted by Crippen LogP contribution is -2.13. The Hall–Kier alpha value is -2.65. The second kappa shape index (κ2) is 7.71. The van der Waals surface area contributed by atoms with Crippen molar-refractivity contribution in [3.63, 3.8) is 0 Å². The van der Waals surface area contributed by atoms with E-state index >= 15 is 0 Å². The summed E-state index contributed by atoms with van der Waals surface area (Å²) in [4.78, 5) is 22.4. The molecule has 0 atom stereocenters. The molecule has 1 N–H and O–H groups in total. The molecule has 0 aliphatic rings. The van der Waals surface area contributed by atoms with Gasteiger partial charge in [0.25, 0.3) is 20.6 Å². The SMILES string of the molecule is CCOc1ccc(NC(=O)c2ccc([N+](=O)[O-])c(C)c2)cc1S(=O)(=O)Cl. The number of amides is 1. The molecule has 2 rings (SSSR count). The Bertz CT molecular complexity index is 975. The van der Waals surface area contributed by atoms with E-state index in [0.717, 1.165) is 0 Å². The number of ether oxygens (including phenoxy) is 1. The van der Waals surface area contributed by atoms with Gasteiger partial charge in [-0.05, 0) is 44.2 Å². The van der Waals surface area contributed by atoms with Crippen molar-refractivity contribution in [2.24, 2.45) is 0 Å². The predicted octanol–water partition coefficient (Wildman–Crippen LogP) is 3.48. The zero-order chi connectivity index (χ0) is 19.5. The van der Waals surface area contributed by atoms with E-state index in [1.807, 2.05) is 0 Å². The fourth-order valence-electron chi connectivity index (χ4n) is 2.26. The maximum absolute atomic E-state index is 12.3. The van der Waals surface area contributed by atoms with Crippen LogP contribution in [0.2, 0.25) is 0 Å². The predicted molar refractivity (Wildman–Crippen MR) is 96.4 cm³/mol. The first-order valence-corrected chi connectivity index (χ1v) is 9.72. The van der Waals surface area contributed by atoms with Crippen molar-refractivity contribution in [2.45, 2.75) is 18.7 Å². The highest BCUT2D eigenvalue weighted by molar-refractivity contribution is 8.13. The molecule has 0 saturated heterocycles. The van der Waals surface area contributed by atoms with E-state index in [-0.39, 0.29) is 34.2 Å². The number of nitro groups is 1. The van der Waals surface area contributed by atoms with Crippen LogP contribution < -0.4 is 10.1 Å². The molecule has 0 saturated carbocycles. The fourth-order valence-corrected chi connectivity index (χ4v) is 3.25. The van der Waals surface area contributed by atoms with Gasteiger partial charge >= 0.3 is 0 Å². The van der Waals surface area contributed by atoms with Gasteiger partial charge in [0.05, 0.1) is 11.5 Å². The van der Waals surface area contributed by atoms with E-state index in [9.17, 15) is 23.3 Å². The lowest BCUT2D eigenvalue weighted by atomic mass is 10.1. The molecular weight excluding hydrogens is 384 g/mol.